The van der Waals surface area contributed by atoms with Gasteiger partial charge in [-0.15, -0.1) is 0 Å². The summed E-state index contributed by atoms with van der Waals surface area (Å²) in [5.74, 6) is 2.41. The molecule has 3 rings (SSSR count). The van der Waals surface area contributed by atoms with Crippen molar-refractivity contribution in [2.75, 3.05) is 14.2 Å². The Kier molecular flexibility index (Phi) is 4.50. The lowest BCUT2D eigenvalue weighted by Crippen LogP contribution is -2.31. The first kappa shape index (κ1) is 16.8. The first-order valence-electron chi connectivity index (χ1n) is 7.84. The highest BCUT2D eigenvalue weighted by molar-refractivity contribution is 7.99. The summed E-state index contributed by atoms with van der Waals surface area (Å²) in [6, 6.07) is 12.2. The molecule has 0 saturated carbocycles. The second-order valence-corrected chi connectivity index (χ2v) is 7.41. The minimum Gasteiger partial charge on any atom is -0.493 e. The Morgan fingerprint density at radius 3 is 2.29 bits per heavy atom. The van der Waals surface area contributed by atoms with Crippen LogP contribution >= 0.6 is 11.8 Å². The molecular formula is C20H22O3S. The zero-order valence-electron chi connectivity index (χ0n) is 14.7. The molecule has 3 nitrogen and oxygen atoms in total. The van der Waals surface area contributed by atoms with Gasteiger partial charge in [0.2, 0.25) is 0 Å². The SMILES string of the molecule is COc1ccc(Sc2ccc3c(c2)C=C(C)C(C)(C)O3)cc1OC. The summed E-state index contributed by atoms with van der Waals surface area (Å²) >= 11 is 1.69. The number of hydrogen-bond acceptors (Lipinski definition) is 4. The summed E-state index contributed by atoms with van der Waals surface area (Å²) in [6.07, 6.45) is 2.21. The van der Waals surface area contributed by atoms with Crippen molar-refractivity contribution < 1.29 is 14.2 Å². The van der Waals surface area contributed by atoms with Gasteiger partial charge >= 0.3 is 0 Å². The molecule has 0 unspecified atom stereocenters. The van der Waals surface area contributed by atoms with Gasteiger partial charge in [-0.2, -0.15) is 0 Å². The van der Waals surface area contributed by atoms with Crippen LogP contribution in [0.25, 0.3) is 6.08 Å². The first-order chi connectivity index (χ1) is 11.4. The van der Waals surface area contributed by atoms with E-state index < -0.39 is 0 Å². The average molecular weight is 342 g/mol. The van der Waals surface area contributed by atoms with Crippen LogP contribution in [-0.4, -0.2) is 19.8 Å². The van der Waals surface area contributed by atoms with Gasteiger partial charge in [0.25, 0.3) is 0 Å². The van der Waals surface area contributed by atoms with E-state index in [0.29, 0.717) is 0 Å². The van der Waals surface area contributed by atoms with E-state index >= 15 is 0 Å². The van der Waals surface area contributed by atoms with Crippen LogP contribution in [0.15, 0.2) is 51.8 Å². The summed E-state index contributed by atoms with van der Waals surface area (Å²) in [5, 5.41) is 0. The normalized spacial score (nSPS) is 15.1. The number of rotatable bonds is 4. The van der Waals surface area contributed by atoms with E-state index in [-0.39, 0.29) is 5.60 Å². The molecule has 0 spiro atoms. The van der Waals surface area contributed by atoms with Crippen LogP contribution in [0.3, 0.4) is 0 Å². The highest BCUT2D eigenvalue weighted by Gasteiger charge is 2.27. The third-order valence-corrected chi connectivity index (χ3v) is 5.24. The van der Waals surface area contributed by atoms with Crippen LogP contribution in [0.4, 0.5) is 0 Å². The maximum Gasteiger partial charge on any atom is 0.161 e. The Hall–Kier alpha value is -2.07. The Morgan fingerprint density at radius 1 is 0.917 bits per heavy atom. The van der Waals surface area contributed by atoms with Gasteiger partial charge in [-0.3, -0.25) is 0 Å². The third-order valence-electron chi connectivity index (χ3n) is 4.26. The molecule has 0 bridgehead atoms. The van der Waals surface area contributed by atoms with E-state index in [1.54, 1.807) is 26.0 Å². The lowest BCUT2D eigenvalue weighted by Gasteiger charge is -2.32. The fourth-order valence-electron chi connectivity index (χ4n) is 2.57. The number of fused-ring (bicyclic) bond motifs is 1. The highest BCUT2D eigenvalue weighted by Crippen LogP contribution is 2.40. The molecule has 0 aliphatic carbocycles. The van der Waals surface area contributed by atoms with Crippen molar-refractivity contribution in [3.05, 3.63) is 47.5 Å². The van der Waals surface area contributed by atoms with Crippen molar-refractivity contribution in [3.8, 4) is 17.2 Å². The van der Waals surface area contributed by atoms with Gasteiger partial charge in [0.05, 0.1) is 14.2 Å². The second kappa shape index (κ2) is 6.44. The summed E-state index contributed by atoms with van der Waals surface area (Å²) in [7, 11) is 3.29. The fraction of sp³-hybridized carbons (Fsp3) is 0.300. The molecule has 0 fully saturated rings. The molecule has 0 radical (unpaired) electrons. The van der Waals surface area contributed by atoms with Crippen molar-refractivity contribution in [3.63, 3.8) is 0 Å². The van der Waals surface area contributed by atoms with E-state index in [2.05, 4.69) is 39.0 Å². The number of methoxy groups -OCH3 is 2. The molecule has 0 amide bonds. The van der Waals surface area contributed by atoms with E-state index in [0.717, 1.165) is 32.6 Å². The smallest absolute Gasteiger partial charge is 0.161 e. The van der Waals surface area contributed by atoms with Crippen molar-refractivity contribution in [1.82, 2.24) is 0 Å². The van der Waals surface area contributed by atoms with Gasteiger partial charge < -0.3 is 14.2 Å². The minimum atomic E-state index is -0.245. The van der Waals surface area contributed by atoms with Crippen LogP contribution in [-0.2, 0) is 0 Å². The minimum absolute atomic E-state index is 0.245. The lowest BCUT2D eigenvalue weighted by atomic mass is 9.94. The third kappa shape index (κ3) is 3.24. The molecule has 0 saturated heterocycles. The van der Waals surface area contributed by atoms with Gasteiger partial charge in [0.15, 0.2) is 11.5 Å². The Balaban J connectivity index is 1.88. The number of benzene rings is 2. The van der Waals surface area contributed by atoms with Gasteiger partial charge in [0, 0.05) is 15.4 Å². The standard InChI is InChI=1S/C20H22O3S/c1-13-10-14-11-15(6-8-17(14)23-20(13,2)3)24-16-7-9-18(21-4)19(12-16)22-5/h6-12H,1-5H3. The predicted molar refractivity (Wildman–Crippen MR) is 98.5 cm³/mol. The van der Waals surface area contributed by atoms with E-state index in [9.17, 15) is 0 Å². The van der Waals surface area contributed by atoms with Crippen LogP contribution in [0.5, 0.6) is 17.2 Å². The summed E-state index contributed by atoms with van der Waals surface area (Å²) < 4.78 is 16.8. The molecule has 24 heavy (non-hydrogen) atoms. The van der Waals surface area contributed by atoms with Crippen molar-refractivity contribution in [2.24, 2.45) is 0 Å². The highest BCUT2D eigenvalue weighted by atomic mass is 32.2. The van der Waals surface area contributed by atoms with Crippen LogP contribution < -0.4 is 14.2 Å². The largest absolute Gasteiger partial charge is 0.493 e. The zero-order chi connectivity index (χ0) is 17.3. The summed E-state index contributed by atoms with van der Waals surface area (Å²) in [4.78, 5) is 2.26. The average Bonchev–Trinajstić information content (AvgIpc) is 2.56. The van der Waals surface area contributed by atoms with Crippen LogP contribution in [0.2, 0.25) is 0 Å². The Morgan fingerprint density at radius 2 is 1.58 bits per heavy atom. The van der Waals surface area contributed by atoms with E-state index in [4.69, 9.17) is 14.2 Å². The topological polar surface area (TPSA) is 27.7 Å². The van der Waals surface area contributed by atoms with E-state index in [1.165, 1.54) is 5.57 Å². The Bertz CT molecular complexity index is 793. The van der Waals surface area contributed by atoms with Gasteiger partial charge in [-0.05, 0) is 68.8 Å². The summed E-state index contributed by atoms with van der Waals surface area (Å²) in [5.41, 5.74) is 2.10. The number of ether oxygens (including phenoxy) is 3. The first-order valence-corrected chi connectivity index (χ1v) is 8.66. The molecule has 2 aromatic rings. The van der Waals surface area contributed by atoms with Gasteiger partial charge in [0.1, 0.15) is 11.4 Å². The number of hydrogen-bond donors (Lipinski definition) is 0. The molecule has 1 aliphatic rings. The molecular weight excluding hydrogens is 320 g/mol. The molecule has 1 aliphatic heterocycles. The lowest BCUT2D eigenvalue weighted by molar-refractivity contribution is 0.145. The van der Waals surface area contributed by atoms with Crippen LogP contribution in [0, 0.1) is 0 Å². The zero-order valence-corrected chi connectivity index (χ0v) is 15.5. The monoisotopic (exact) mass is 342 g/mol. The van der Waals surface area contributed by atoms with Crippen molar-refractivity contribution >= 4 is 17.8 Å². The fourth-order valence-corrected chi connectivity index (χ4v) is 3.47. The van der Waals surface area contributed by atoms with E-state index in [1.807, 2.05) is 24.3 Å². The van der Waals surface area contributed by atoms with Gasteiger partial charge in [-0.25, -0.2) is 0 Å². The van der Waals surface area contributed by atoms with Gasteiger partial charge in [-0.1, -0.05) is 11.8 Å². The van der Waals surface area contributed by atoms with Crippen molar-refractivity contribution in [1.29, 1.82) is 0 Å². The maximum absolute atomic E-state index is 6.09. The molecule has 0 N–H and O–H groups in total. The molecule has 0 aromatic heterocycles. The molecule has 1 heterocycles. The molecule has 0 atom stereocenters. The van der Waals surface area contributed by atoms with Crippen molar-refractivity contribution in [2.45, 2.75) is 36.2 Å². The Labute approximate surface area is 147 Å². The summed E-state index contributed by atoms with van der Waals surface area (Å²) in [6.45, 7) is 6.29. The molecule has 126 valence electrons. The quantitative estimate of drug-likeness (QED) is 0.740. The van der Waals surface area contributed by atoms with Crippen LogP contribution in [0.1, 0.15) is 26.3 Å². The maximum atomic E-state index is 6.09. The predicted octanol–water partition coefficient (Wildman–Crippen LogP) is 5.43. The second-order valence-electron chi connectivity index (χ2n) is 6.26. The molecule has 2 aromatic carbocycles. The molecule has 4 heteroatoms.